The zero-order valence-corrected chi connectivity index (χ0v) is 19.0. The Morgan fingerprint density at radius 1 is 1.06 bits per heavy atom. The van der Waals surface area contributed by atoms with Crippen LogP contribution in [0.5, 0.6) is 0 Å². The SMILES string of the molecule is C[C@]12CCC(=O)C=C1C=CC1C2CC[C@@]2(C)C1CC[C@@H]2C(=O)Nc1ccccc1C(F)(F)F. The number of allylic oxidation sites excluding steroid dienone is 4. The molecular weight excluding hydrogens is 427 g/mol. The molecule has 0 heterocycles. The van der Waals surface area contributed by atoms with Crippen LogP contribution in [0.15, 0.2) is 48.1 Å². The Hall–Kier alpha value is -2.37. The average Bonchev–Trinajstić information content (AvgIpc) is 3.11. The molecule has 3 unspecified atom stereocenters. The van der Waals surface area contributed by atoms with Gasteiger partial charge in [-0.1, -0.05) is 38.1 Å². The number of para-hydroxylation sites is 1. The molecule has 1 aromatic rings. The Kier molecular flexibility index (Phi) is 5.15. The number of hydrogen-bond acceptors (Lipinski definition) is 2. The molecule has 4 aliphatic rings. The molecule has 2 fully saturated rings. The smallest absolute Gasteiger partial charge is 0.325 e. The molecule has 1 amide bonds. The van der Waals surface area contributed by atoms with Gasteiger partial charge < -0.3 is 5.32 Å². The van der Waals surface area contributed by atoms with Crippen LogP contribution in [-0.2, 0) is 15.8 Å². The van der Waals surface area contributed by atoms with Gasteiger partial charge in [-0.15, -0.1) is 0 Å². The minimum Gasteiger partial charge on any atom is -0.325 e. The summed E-state index contributed by atoms with van der Waals surface area (Å²) in [4.78, 5) is 25.3. The summed E-state index contributed by atoms with van der Waals surface area (Å²) < 4.78 is 40.3. The zero-order valence-electron chi connectivity index (χ0n) is 19.0. The van der Waals surface area contributed by atoms with Crippen molar-refractivity contribution in [2.75, 3.05) is 5.32 Å². The number of ketones is 1. The monoisotopic (exact) mass is 457 g/mol. The molecular formula is C27H30F3NO2. The van der Waals surface area contributed by atoms with Gasteiger partial charge in [-0.3, -0.25) is 9.59 Å². The van der Waals surface area contributed by atoms with Gasteiger partial charge in [-0.05, 0) is 84.5 Å². The molecule has 0 radical (unpaired) electrons. The summed E-state index contributed by atoms with van der Waals surface area (Å²) in [6.07, 6.45) is 6.55. The fraction of sp³-hybridized carbons (Fsp3) is 0.556. The summed E-state index contributed by atoms with van der Waals surface area (Å²) in [5, 5.41) is 2.62. The van der Waals surface area contributed by atoms with E-state index in [9.17, 15) is 22.8 Å². The van der Waals surface area contributed by atoms with Crippen LogP contribution in [-0.4, -0.2) is 11.7 Å². The largest absolute Gasteiger partial charge is 0.418 e. The molecule has 176 valence electrons. The fourth-order valence-corrected chi connectivity index (χ4v) is 7.49. The lowest BCUT2D eigenvalue weighted by molar-refractivity contribution is -0.137. The van der Waals surface area contributed by atoms with Crippen LogP contribution in [0.3, 0.4) is 0 Å². The van der Waals surface area contributed by atoms with Crippen LogP contribution >= 0.6 is 0 Å². The predicted molar refractivity (Wildman–Crippen MR) is 120 cm³/mol. The molecule has 5 rings (SSSR count). The van der Waals surface area contributed by atoms with E-state index in [1.54, 1.807) is 0 Å². The lowest BCUT2D eigenvalue weighted by Crippen LogP contribution is -2.50. The van der Waals surface area contributed by atoms with Crippen molar-refractivity contribution in [3.05, 3.63) is 53.6 Å². The van der Waals surface area contributed by atoms with E-state index in [1.807, 2.05) is 6.08 Å². The van der Waals surface area contributed by atoms with Crippen LogP contribution < -0.4 is 5.32 Å². The Bertz CT molecular complexity index is 1060. The minimum absolute atomic E-state index is 0.0132. The van der Waals surface area contributed by atoms with E-state index >= 15 is 0 Å². The topological polar surface area (TPSA) is 46.2 Å². The van der Waals surface area contributed by atoms with Gasteiger partial charge in [-0.25, -0.2) is 0 Å². The number of carbonyl (C=O) groups is 2. The maximum absolute atomic E-state index is 13.4. The minimum atomic E-state index is -4.51. The van der Waals surface area contributed by atoms with Gasteiger partial charge in [0.15, 0.2) is 5.78 Å². The molecule has 3 nitrogen and oxygen atoms in total. The van der Waals surface area contributed by atoms with Gasteiger partial charge in [-0.2, -0.15) is 13.2 Å². The number of amides is 1. The van der Waals surface area contributed by atoms with Crippen molar-refractivity contribution in [3.63, 3.8) is 0 Å². The van der Waals surface area contributed by atoms with Crippen molar-refractivity contribution in [3.8, 4) is 0 Å². The molecule has 1 N–H and O–H groups in total. The molecule has 0 saturated heterocycles. The van der Waals surface area contributed by atoms with E-state index in [4.69, 9.17) is 0 Å². The standard InChI is InChI=1S/C27H30F3NO2/c1-25-13-11-17(32)15-16(25)7-8-18-19-9-10-22(26(19,2)14-12-20(18)25)24(33)31-23-6-4-3-5-21(23)27(28,29)30/h3-8,15,18-20,22H,9-14H2,1-2H3,(H,31,33)/t18?,19?,20?,22-,25+,26+/m1/s1. The molecule has 6 heteroatoms. The second-order valence-electron chi connectivity index (χ2n) is 10.8. The first-order valence-electron chi connectivity index (χ1n) is 11.9. The van der Waals surface area contributed by atoms with Crippen molar-refractivity contribution < 1.29 is 22.8 Å². The van der Waals surface area contributed by atoms with Crippen LogP contribution in [0.4, 0.5) is 18.9 Å². The van der Waals surface area contributed by atoms with Gasteiger partial charge in [0.2, 0.25) is 5.91 Å². The molecule has 2 saturated carbocycles. The maximum Gasteiger partial charge on any atom is 0.418 e. The van der Waals surface area contributed by atoms with Crippen molar-refractivity contribution in [1.29, 1.82) is 0 Å². The van der Waals surface area contributed by atoms with Crippen molar-refractivity contribution in [1.82, 2.24) is 0 Å². The highest BCUT2D eigenvalue weighted by molar-refractivity contribution is 5.94. The first-order valence-corrected chi connectivity index (χ1v) is 11.9. The first-order chi connectivity index (χ1) is 15.5. The highest BCUT2D eigenvalue weighted by Crippen LogP contribution is 2.65. The lowest BCUT2D eigenvalue weighted by atomic mass is 9.48. The Morgan fingerprint density at radius 3 is 2.58 bits per heavy atom. The van der Waals surface area contributed by atoms with Crippen LogP contribution in [0.2, 0.25) is 0 Å². The molecule has 4 aliphatic carbocycles. The lowest BCUT2D eigenvalue weighted by Gasteiger charge is -2.55. The maximum atomic E-state index is 13.4. The third-order valence-electron chi connectivity index (χ3n) is 9.32. The number of nitrogens with one attached hydrogen (secondary N) is 1. The van der Waals surface area contributed by atoms with Gasteiger partial charge >= 0.3 is 6.18 Å². The molecule has 33 heavy (non-hydrogen) atoms. The Balaban J connectivity index is 1.40. The van der Waals surface area contributed by atoms with E-state index < -0.39 is 11.7 Å². The number of anilines is 1. The quantitative estimate of drug-likeness (QED) is 0.546. The molecule has 0 bridgehead atoms. The number of carbonyl (C=O) groups excluding carboxylic acids is 2. The number of halogens is 3. The fourth-order valence-electron chi connectivity index (χ4n) is 7.49. The summed E-state index contributed by atoms with van der Waals surface area (Å²) in [7, 11) is 0. The zero-order chi connectivity index (χ0) is 23.6. The number of hydrogen-bond donors (Lipinski definition) is 1. The normalized spacial score (nSPS) is 37.6. The summed E-state index contributed by atoms with van der Waals surface area (Å²) in [5.41, 5.74) is -0.0935. The van der Waals surface area contributed by atoms with E-state index in [0.29, 0.717) is 30.6 Å². The van der Waals surface area contributed by atoms with Gasteiger partial charge in [0, 0.05) is 12.3 Å². The number of fused-ring (bicyclic) bond motifs is 5. The first kappa shape index (κ1) is 22.4. The Morgan fingerprint density at radius 2 is 1.82 bits per heavy atom. The summed E-state index contributed by atoms with van der Waals surface area (Å²) in [6, 6.07) is 5.19. The van der Waals surface area contributed by atoms with E-state index in [0.717, 1.165) is 37.3 Å². The van der Waals surface area contributed by atoms with Gasteiger partial charge in [0.05, 0.1) is 11.3 Å². The highest BCUT2D eigenvalue weighted by atomic mass is 19.4. The van der Waals surface area contributed by atoms with Gasteiger partial charge in [0.1, 0.15) is 0 Å². The van der Waals surface area contributed by atoms with Crippen molar-refractivity contribution in [2.45, 2.75) is 58.5 Å². The van der Waals surface area contributed by atoms with Crippen molar-refractivity contribution in [2.24, 2.45) is 34.5 Å². The third kappa shape index (κ3) is 3.48. The number of benzene rings is 1. The third-order valence-corrected chi connectivity index (χ3v) is 9.32. The van der Waals surface area contributed by atoms with Gasteiger partial charge in [0.25, 0.3) is 0 Å². The average molecular weight is 458 g/mol. The molecule has 1 aromatic carbocycles. The van der Waals surface area contributed by atoms with Crippen LogP contribution in [0, 0.1) is 34.5 Å². The van der Waals surface area contributed by atoms with E-state index in [2.05, 4.69) is 31.3 Å². The second kappa shape index (κ2) is 7.57. The van der Waals surface area contributed by atoms with Crippen LogP contribution in [0.25, 0.3) is 0 Å². The summed E-state index contributed by atoms with van der Waals surface area (Å²) in [6.45, 7) is 4.44. The molecule has 0 spiro atoms. The van der Waals surface area contributed by atoms with E-state index in [1.165, 1.54) is 18.2 Å². The summed E-state index contributed by atoms with van der Waals surface area (Å²) in [5.74, 6) is 0.674. The molecule has 0 aliphatic heterocycles. The molecule has 0 aromatic heterocycles. The highest BCUT2D eigenvalue weighted by Gasteiger charge is 2.59. The van der Waals surface area contributed by atoms with Crippen LogP contribution in [0.1, 0.15) is 57.9 Å². The summed E-state index contributed by atoms with van der Waals surface area (Å²) >= 11 is 0. The number of alkyl halides is 3. The Labute approximate surface area is 192 Å². The number of rotatable bonds is 2. The van der Waals surface area contributed by atoms with Crippen molar-refractivity contribution >= 4 is 17.4 Å². The predicted octanol–water partition coefficient (Wildman–Crippen LogP) is 6.57. The van der Waals surface area contributed by atoms with E-state index in [-0.39, 0.29) is 34.1 Å². The second-order valence-corrected chi connectivity index (χ2v) is 10.8. The molecule has 6 atom stereocenters.